The van der Waals surface area contributed by atoms with Crippen molar-refractivity contribution in [2.24, 2.45) is 0 Å². The van der Waals surface area contributed by atoms with Gasteiger partial charge in [0.25, 0.3) is 5.91 Å². The van der Waals surface area contributed by atoms with Gasteiger partial charge in [0, 0.05) is 12.1 Å². The number of rotatable bonds is 1. The molecule has 2 heterocycles. The minimum absolute atomic E-state index is 0.127. The molecule has 6 heteroatoms. The number of benzene rings is 1. The van der Waals surface area contributed by atoms with Crippen LogP contribution in [0.3, 0.4) is 0 Å². The average Bonchev–Trinajstić information content (AvgIpc) is 2.76. The zero-order chi connectivity index (χ0) is 13.6. The highest BCUT2D eigenvalue weighted by atomic mass is 35.5. The lowest BCUT2D eigenvalue weighted by Crippen LogP contribution is -2.25. The van der Waals surface area contributed by atoms with Crippen LogP contribution in [0.1, 0.15) is 26.5 Å². The van der Waals surface area contributed by atoms with Crippen molar-refractivity contribution in [2.75, 3.05) is 7.05 Å². The molecular formula is C13H10ClN3O2. The number of carbonyl (C=O) groups excluding carboxylic acids is 2. The highest BCUT2D eigenvalue weighted by Gasteiger charge is 2.26. The van der Waals surface area contributed by atoms with Crippen LogP contribution in [0, 0.1) is 0 Å². The van der Waals surface area contributed by atoms with Crippen molar-refractivity contribution in [1.82, 2.24) is 14.5 Å². The van der Waals surface area contributed by atoms with Gasteiger partial charge in [-0.15, -0.1) is 0 Å². The molecule has 0 aliphatic carbocycles. The summed E-state index contributed by atoms with van der Waals surface area (Å²) >= 11 is 5.95. The minimum atomic E-state index is -0.127. The van der Waals surface area contributed by atoms with Crippen molar-refractivity contribution in [1.29, 1.82) is 0 Å². The summed E-state index contributed by atoms with van der Waals surface area (Å²) in [6.45, 7) is 0.333. The van der Waals surface area contributed by atoms with Crippen LogP contribution >= 0.6 is 11.6 Å². The Morgan fingerprint density at radius 3 is 2.95 bits per heavy atom. The van der Waals surface area contributed by atoms with E-state index in [2.05, 4.69) is 4.98 Å². The first-order valence-electron chi connectivity index (χ1n) is 5.68. The topological polar surface area (TPSA) is 55.2 Å². The van der Waals surface area contributed by atoms with Crippen LogP contribution in [-0.2, 0) is 6.54 Å². The molecule has 0 unspecified atom stereocenters. The summed E-state index contributed by atoms with van der Waals surface area (Å²) in [6, 6.07) is 5.10. The molecule has 0 saturated heterocycles. The summed E-state index contributed by atoms with van der Waals surface area (Å²) in [5.74, 6) is -0.127. The second-order valence-corrected chi connectivity index (χ2v) is 4.82. The van der Waals surface area contributed by atoms with Gasteiger partial charge in [-0.25, -0.2) is 4.98 Å². The standard InChI is InChI=1S/C13H10ClN3O2/c1-16-5-12-10(6-18)15-7-17(12)11-3-2-8(14)4-9(11)13(16)19/h2-4,6-7H,5H2,1H3. The highest BCUT2D eigenvalue weighted by Crippen LogP contribution is 2.27. The highest BCUT2D eigenvalue weighted by molar-refractivity contribution is 6.31. The van der Waals surface area contributed by atoms with Gasteiger partial charge in [0.2, 0.25) is 0 Å². The van der Waals surface area contributed by atoms with Gasteiger partial charge in [0.15, 0.2) is 6.29 Å². The monoisotopic (exact) mass is 275 g/mol. The third-order valence-electron chi connectivity index (χ3n) is 3.19. The zero-order valence-corrected chi connectivity index (χ0v) is 10.9. The first kappa shape index (κ1) is 11.9. The smallest absolute Gasteiger partial charge is 0.256 e. The molecule has 2 aromatic rings. The Kier molecular flexibility index (Phi) is 2.64. The number of imidazole rings is 1. The van der Waals surface area contributed by atoms with Crippen LogP contribution in [0.15, 0.2) is 24.5 Å². The van der Waals surface area contributed by atoms with Gasteiger partial charge in [0.1, 0.15) is 12.0 Å². The fourth-order valence-corrected chi connectivity index (χ4v) is 2.41. The number of hydrogen-bond donors (Lipinski definition) is 0. The van der Waals surface area contributed by atoms with Gasteiger partial charge >= 0.3 is 0 Å². The summed E-state index contributed by atoms with van der Waals surface area (Å²) in [5, 5.41) is 0.500. The molecule has 0 saturated carbocycles. The molecule has 1 aromatic heterocycles. The number of amides is 1. The number of fused-ring (bicyclic) bond motifs is 3. The van der Waals surface area contributed by atoms with Crippen LogP contribution in [0.5, 0.6) is 0 Å². The Bertz CT molecular complexity index is 693. The van der Waals surface area contributed by atoms with Crippen molar-refractivity contribution in [3.05, 3.63) is 46.5 Å². The third kappa shape index (κ3) is 1.74. The largest absolute Gasteiger partial charge is 0.336 e. The van der Waals surface area contributed by atoms with E-state index in [1.54, 1.807) is 41.0 Å². The number of hydrogen-bond acceptors (Lipinski definition) is 3. The fourth-order valence-electron chi connectivity index (χ4n) is 2.24. The third-order valence-corrected chi connectivity index (χ3v) is 3.43. The van der Waals surface area contributed by atoms with E-state index in [1.807, 2.05) is 0 Å². The summed E-state index contributed by atoms with van der Waals surface area (Å²) < 4.78 is 1.76. The number of nitrogens with zero attached hydrogens (tertiary/aromatic N) is 3. The maximum atomic E-state index is 12.3. The van der Waals surface area contributed by atoms with Crippen molar-refractivity contribution in [2.45, 2.75) is 6.54 Å². The van der Waals surface area contributed by atoms with Gasteiger partial charge in [-0.2, -0.15) is 0 Å². The predicted molar refractivity (Wildman–Crippen MR) is 69.8 cm³/mol. The van der Waals surface area contributed by atoms with Crippen LogP contribution < -0.4 is 0 Å². The van der Waals surface area contributed by atoms with E-state index < -0.39 is 0 Å². The van der Waals surface area contributed by atoms with Crippen molar-refractivity contribution >= 4 is 23.8 Å². The second-order valence-electron chi connectivity index (χ2n) is 4.39. The molecule has 1 aromatic carbocycles. The van der Waals surface area contributed by atoms with E-state index in [-0.39, 0.29) is 5.91 Å². The molecule has 0 spiro atoms. The molecule has 3 rings (SSSR count). The lowest BCUT2D eigenvalue weighted by molar-refractivity contribution is 0.0786. The van der Waals surface area contributed by atoms with Gasteiger partial charge in [-0.3, -0.25) is 14.2 Å². The molecule has 1 amide bonds. The van der Waals surface area contributed by atoms with E-state index in [9.17, 15) is 9.59 Å². The van der Waals surface area contributed by atoms with E-state index in [0.29, 0.717) is 40.5 Å². The normalized spacial score (nSPS) is 13.8. The molecule has 96 valence electrons. The quantitative estimate of drug-likeness (QED) is 0.747. The van der Waals surface area contributed by atoms with Gasteiger partial charge in [-0.1, -0.05) is 11.6 Å². The summed E-state index contributed by atoms with van der Waals surface area (Å²) in [5.41, 5.74) is 2.24. The van der Waals surface area contributed by atoms with E-state index in [4.69, 9.17) is 11.6 Å². The van der Waals surface area contributed by atoms with E-state index >= 15 is 0 Å². The fraction of sp³-hybridized carbons (Fsp3) is 0.154. The maximum absolute atomic E-state index is 12.3. The molecule has 0 fully saturated rings. The van der Waals surface area contributed by atoms with Crippen molar-refractivity contribution in [3.63, 3.8) is 0 Å². The Morgan fingerprint density at radius 1 is 1.42 bits per heavy atom. The molecule has 0 N–H and O–H groups in total. The molecule has 0 atom stereocenters. The molecule has 1 aliphatic rings. The van der Waals surface area contributed by atoms with Gasteiger partial charge < -0.3 is 4.90 Å². The van der Waals surface area contributed by atoms with Crippen LogP contribution in [0.4, 0.5) is 0 Å². The number of halogens is 1. The lowest BCUT2D eigenvalue weighted by atomic mass is 10.1. The van der Waals surface area contributed by atoms with Crippen LogP contribution in [0.25, 0.3) is 5.69 Å². The Hall–Kier alpha value is -2.14. The predicted octanol–water partition coefficient (Wildman–Crippen LogP) is 1.92. The SMILES string of the molecule is CN1Cc2c(C=O)ncn2-c2ccc(Cl)cc2C1=O. The minimum Gasteiger partial charge on any atom is -0.336 e. The number of aldehydes is 1. The van der Waals surface area contributed by atoms with Gasteiger partial charge in [0.05, 0.1) is 23.5 Å². The van der Waals surface area contributed by atoms with E-state index in [0.717, 1.165) is 0 Å². The molecular weight excluding hydrogens is 266 g/mol. The lowest BCUT2D eigenvalue weighted by Gasteiger charge is -2.14. The molecule has 0 radical (unpaired) electrons. The Labute approximate surface area is 114 Å². The van der Waals surface area contributed by atoms with Gasteiger partial charge in [-0.05, 0) is 18.2 Å². The first-order chi connectivity index (χ1) is 9.11. The summed E-state index contributed by atoms with van der Waals surface area (Å²) in [4.78, 5) is 28.9. The Morgan fingerprint density at radius 2 is 2.21 bits per heavy atom. The van der Waals surface area contributed by atoms with Crippen molar-refractivity contribution in [3.8, 4) is 5.69 Å². The number of carbonyl (C=O) groups is 2. The van der Waals surface area contributed by atoms with Crippen molar-refractivity contribution < 1.29 is 9.59 Å². The molecule has 19 heavy (non-hydrogen) atoms. The molecule has 5 nitrogen and oxygen atoms in total. The Balaban J connectivity index is 2.32. The van der Waals surface area contributed by atoms with Crippen LogP contribution in [0.2, 0.25) is 5.02 Å². The molecule has 0 bridgehead atoms. The zero-order valence-electron chi connectivity index (χ0n) is 10.1. The van der Waals surface area contributed by atoms with E-state index in [1.165, 1.54) is 0 Å². The summed E-state index contributed by atoms with van der Waals surface area (Å²) in [7, 11) is 1.68. The first-order valence-corrected chi connectivity index (χ1v) is 6.06. The molecule has 1 aliphatic heterocycles. The summed E-state index contributed by atoms with van der Waals surface area (Å²) in [6.07, 6.45) is 2.25. The van der Waals surface area contributed by atoms with Crippen LogP contribution in [-0.4, -0.2) is 33.7 Å². The number of aromatic nitrogens is 2. The average molecular weight is 276 g/mol. The maximum Gasteiger partial charge on any atom is 0.256 e. The second kappa shape index (κ2) is 4.20.